The predicted molar refractivity (Wildman–Crippen MR) is 90.0 cm³/mol. The Morgan fingerprint density at radius 1 is 0.783 bits per heavy atom. The zero-order valence-electron chi connectivity index (χ0n) is 14.8. The van der Waals surface area contributed by atoms with Gasteiger partial charge in [-0.15, -0.1) is 0 Å². The van der Waals surface area contributed by atoms with Crippen molar-refractivity contribution in [3.63, 3.8) is 0 Å². The molecule has 0 aromatic heterocycles. The first-order valence-electron chi connectivity index (χ1n) is 9.19. The van der Waals surface area contributed by atoms with Gasteiger partial charge in [-0.1, -0.05) is 13.8 Å². The first-order chi connectivity index (χ1) is 11.1. The number of rotatable bonds is 4. The van der Waals surface area contributed by atoms with Gasteiger partial charge >= 0.3 is 0 Å². The number of nitrogens with zero attached hydrogens (tertiary/aromatic N) is 2. The van der Waals surface area contributed by atoms with Gasteiger partial charge in [-0.25, -0.2) is 0 Å². The lowest BCUT2D eigenvalue weighted by Gasteiger charge is -2.22. The molecule has 2 aliphatic heterocycles. The van der Waals surface area contributed by atoms with Gasteiger partial charge in [-0.05, 0) is 50.4 Å². The van der Waals surface area contributed by atoms with Crippen LogP contribution < -0.4 is 0 Å². The topological polar surface area (TPSA) is 49.9 Å². The molecule has 0 aromatic rings. The number of hydrogen-bond donors (Lipinski definition) is 0. The SMILES string of the molecule is CC1CCCN(C(=O)COCC(=O)N2CCCC(C)CC2)CC1. The molecule has 2 atom stereocenters. The van der Waals surface area contributed by atoms with E-state index in [1.54, 1.807) is 0 Å². The third-order valence-electron chi connectivity index (χ3n) is 5.19. The average Bonchev–Trinajstić information content (AvgIpc) is 2.87. The highest BCUT2D eigenvalue weighted by Crippen LogP contribution is 2.17. The van der Waals surface area contributed by atoms with Crippen LogP contribution >= 0.6 is 0 Å². The molecule has 132 valence electrons. The van der Waals surface area contributed by atoms with Crippen molar-refractivity contribution in [1.29, 1.82) is 0 Å². The lowest BCUT2D eigenvalue weighted by molar-refractivity contribution is -0.142. The molecule has 0 aliphatic carbocycles. The molecule has 5 nitrogen and oxygen atoms in total. The van der Waals surface area contributed by atoms with E-state index in [2.05, 4.69) is 13.8 Å². The van der Waals surface area contributed by atoms with Gasteiger partial charge in [0.1, 0.15) is 13.2 Å². The van der Waals surface area contributed by atoms with Crippen molar-refractivity contribution >= 4 is 11.8 Å². The Balaban J connectivity index is 1.67. The van der Waals surface area contributed by atoms with E-state index < -0.39 is 0 Å². The molecular weight excluding hydrogens is 292 g/mol. The molecule has 2 aliphatic rings. The van der Waals surface area contributed by atoms with Crippen molar-refractivity contribution in [1.82, 2.24) is 9.80 Å². The molecule has 0 N–H and O–H groups in total. The second-order valence-corrected chi connectivity index (χ2v) is 7.33. The number of hydrogen-bond acceptors (Lipinski definition) is 3. The minimum absolute atomic E-state index is 0.0244. The monoisotopic (exact) mass is 324 g/mol. The molecule has 2 fully saturated rings. The number of likely N-dealkylation sites (tertiary alicyclic amines) is 2. The van der Waals surface area contributed by atoms with E-state index in [0.29, 0.717) is 11.8 Å². The van der Waals surface area contributed by atoms with Crippen molar-refractivity contribution in [2.24, 2.45) is 11.8 Å². The Hall–Kier alpha value is -1.10. The maximum atomic E-state index is 12.2. The summed E-state index contributed by atoms with van der Waals surface area (Å²) in [6, 6.07) is 0. The molecule has 0 aromatic carbocycles. The molecule has 2 unspecified atom stereocenters. The van der Waals surface area contributed by atoms with E-state index in [-0.39, 0.29) is 25.0 Å². The van der Waals surface area contributed by atoms with Gasteiger partial charge in [0.2, 0.25) is 11.8 Å². The van der Waals surface area contributed by atoms with Gasteiger partial charge in [-0.3, -0.25) is 9.59 Å². The highest BCUT2D eigenvalue weighted by molar-refractivity contribution is 5.79. The number of carbonyl (C=O) groups is 2. The number of amides is 2. The first kappa shape index (κ1) is 18.2. The molecule has 2 saturated heterocycles. The molecular formula is C18H32N2O3. The third kappa shape index (κ3) is 6.13. The van der Waals surface area contributed by atoms with Gasteiger partial charge in [0.05, 0.1) is 0 Å². The quantitative estimate of drug-likeness (QED) is 0.797. The molecule has 2 rings (SSSR count). The van der Waals surface area contributed by atoms with Crippen LogP contribution in [0.25, 0.3) is 0 Å². The summed E-state index contributed by atoms with van der Waals surface area (Å²) in [5.74, 6) is 1.44. The van der Waals surface area contributed by atoms with E-state index in [0.717, 1.165) is 51.9 Å². The van der Waals surface area contributed by atoms with Crippen molar-refractivity contribution in [3.8, 4) is 0 Å². The summed E-state index contributed by atoms with van der Waals surface area (Å²) in [5, 5.41) is 0. The van der Waals surface area contributed by atoms with Gasteiger partial charge in [0.15, 0.2) is 0 Å². The minimum atomic E-state index is 0.0244. The summed E-state index contributed by atoms with van der Waals surface area (Å²) in [4.78, 5) is 28.2. The van der Waals surface area contributed by atoms with Crippen molar-refractivity contribution in [2.75, 3.05) is 39.4 Å². The zero-order valence-corrected chi connectivity index (χ0v) is 14.8. The summed E-state index contributed by atoms with van der Waals surface area (Å²) >= 11 is 0. The molecule has 2 heterocycles. The fourth-order valence-electron chi connectivity index (χ4n) is 3.43. The van der Waals surface area contributed by atoms with Crippen LogP contribution in [0.15, 0.2) is 0 Å². The molecule has 23 heavy (non-hydrogen) atoms. The lowest BCUT2D eigenvalue weighted by Crippen LogP contribution is -2.38. The van der Waals surface area contributed by atoms with Crippen molar-refractivity contribution < 1.29 is 14.3 Å². The van der Waals surface area contributed by atoms with E-state index in [4.69, 9.17) is 4.74 Å². The van der Waals surface area contributed by atoms with Crippen LogP contribution in [0.3, 0.4) is 0 Å². The van der Waals surface area contributed by atoms with Crippen molar-refractivity contribution in [2.45, 2.75) is 52.4 Å². The second-order valence-electron chi connectivity index (χ2n) is 7.33. The Bertz CT molecular complexity index is 364. The molecule has 0 spiro atoms. The van der Waals surface area contributed by atoms with E-state index in [1.807, 2.05) is 9.80 Å². The number of carbonyl (C=O) groups excluding carboxylic acids is 2. The largest absolute Gasteiger partial charge is 0.362 e. The summed E-state index contributed by atoms with van der Waals surface area (Å²) in [6.07, 6.45) is 6.65. The minimum Gasteiger partial charge on any atom is -0.362 e. The van der Waals surface area contributed by atoms with Gasteiger partial charge in [-0.2, -0.15) is 0 Å². The maximum Gasteiger partial charge on any atom is 0.248 e. The molecule has 0 bridgehead atoms. The second kappa shape index (κ2) is 9.26. The Labute approximate surface area is 140 Å². The van der Waals surface area contributed by atoms with Crippen LogP contribution in [0.4, 0.5) is 0 Å². The fraction of sp³-hybridized carbons (Fsp3) is 0.889. The Kier molecular flexibility index (Phi) is 7.34. The molecule has 5 heteroatoms. The van der Waals surface area contributed by atoms with Gasteiger partial charge in [0.25, 0.3) is 0 Å². The first-order valence-corrected chi connectivity index (χ1v) is 9.19. The molecule has 0 saturated carbocycles. The van der Waals surface area contributed by atoms with Crippen LogP contribution in [-0.2, 0) is 14.3 Å². The van der Waals surface area contributed by atoms with E-state index >= 15 is 0 Å². The van der Waals surface area contributed by atoms with Crippen LogP contribution in [0.1, 0.15) is 52.4 Å². The van der Waals surface area contributed by atoms with Crippen LogP contribution in [0.2, 0.25) is 0 Å². The smallest absolute Gasteiger partial charge is 0.248 e. The highest BCUT2D eigenvalue weighted by atomic mass is 16.5. The van der Waals surface area contributed by atoms with Crippen molar-refractivity contribution in [3.05, 3.63) is 0 Å². The van der Waals surface area contributed by atoms with Gasteiger partial charge < -0.3 is 14.5 Å². The average molecular weight is 324 g/mol. The van der Waals surface area contributed by atoms with Gasteiger partial charge in [0, 0.05) is 26.2 Å². The van der Waals surface area contributed by atoms with Crippen LogP contribution in [-0.4, -0.2) is 61.0 Å². The summed E-state index contributed by atoms with van der Waals surface area (Å²) < 4.78 is 5.42. The summed E-state index contributed by atoms with van der Waals surface area (Å²) in [7, 11) is 0. The molecule has 2 amide bonds. The lowest BCUT2D eigenvalue weighted by atomic mass is 10.0. The summed E-state index contributed by atoms with van der Waals surface area (Å²) in [6.45, 7) is 7.84. The van der Waals surface area contributed by atoms with E-state index in [9.17, 15) is 9.59 Å². The normalized spacial score (nSPS) is 26.5. The van der Waals surface area contributed by atoms with E-state index in [1.165, 1.54) is 12.8 Å². The summed E-state index contributed by atoms with van der Waals surface area (Å²) in [5.41, 5.74) is 0. The fourth-order valence-corrected chi connectivity index (χ4v) is 3.43. The zero-order chi connectivity index (χ0) is 16.7. The molecule has 0 radical (unpaired) electrons. The highest BCUT2D eigenvalue weighted by Gasteiger charge is 2.21. The maximum absolute atomic E-state index is 12.2. The third-order valence-corrected chi connectivity index (χ3v) is 5.19. The van der Waals surface area contributed by atoms with Crippen LogP contribution in [0, 0.1) is 11.8 Å². The predicted octanol–water partition coefficient (Wildman–Crippen LogP) is 2.30. The Morgan fingerprint density at radius 2 is 1.22 bits per heavy atom. The number of ether oxygens (including phenoxy) is 1. The Morgan fingerprint density at radius 3 is 1.65 bits per heavy atom. The van der Waals surface area contributed by atoms with Crippen LogP contribution in [0.5, 0.6) is 0 Å². The standard InChI is InChI=1S/C18H32N2O3/c1-15-5-3-9-19(11-7-15)17(21)13-23-14-18(22)20-10-4-6-16(2)8-12-20/h15-16H,3-14H2,1-2H3.